The summed E-state index contributed by atoms with van der Waals surface area (Å²) in [4.78, 5) is 28.6. The number of rotatable bonds is 3. The van der Waals surface area contributed by atoms with Crippen molar-refractivity contribution in [3.8, 4) is 0 Å². The number of carbonyl (C=O) groups is 2. The third kappa shape index (κ3) is 3.43. The standard InChI is InChI=1S/C12H22N4O2/c1-14-3-2-13-11(9-14)8-12(18)16-6-4-15(10-17)5-7-16/h10-11,13H,2-9H2,1H3. The number of likely N-dealkylation sites (N-methyl/N-ethyl adjacent to an activating group) is 1. The summed E-state index contributed by atoms with van der Waals surface area (Å²) in [5.41, 5.74) is 0. The van der Waals surface area contributed by atoms with Gasteiger partial charge in [-0.3, -0.25) is 9.59 Å². The molecule has 6 nitrogen and oxygen atoms in total. The predicted molar refractivity (Wildman–Crippen MR) is 68.1 cm³/mol. The van der Waals surface area contributed by atoms with Crippen LogP contribution >= 0.6 is 0 Å². The minimum atomic E-state index is 0.202. The first kappa shape index (κ1) is 13.3. The summed E-state index contributed by atoms with van der Waals surface area (Å²) in [7, 11) is 2.08. The Kier molecular flexibility index (Phi) is 4.54. The van der Waals surface area contributed by atoms with E-state index in [1.807, 2.05) is 4.90 Å². The Labute approximate surface area is 108 Å². The Morgan fingerprint density at radius 1 is 1.28 bits per heavy atom. The highest BCUT2D eigenvalue weighted by Crippen LogP contribution is 2.06. The molecular weight excluding hydrogens is 232 g/mol. The van der Waals surface area contributed by atoms with E-state index in [2.05, 4.69) is 17.3 Å². The van der Waals surface area contributed by atoms with Gasteiger partial charge in [-0.25, -0.2) is 0 Å². The van der Waals surface area contributed by atoms with E-state index in [4.69, 9.17) is 0 Å². The SMILES string of the molecule is CN1CCNC(CC(=O)N2CCN(C=O)CC2)C1. The van der Waals surface area contributed by atoms with Gasteiger partial charge >= 0.3 is 0 Å². The van der Waals surface area contributed by atoms with E-state index in [9.17, 15) is 9.59 Å². The van der Waals surface area contributed by atoms with Crippen LogP contribution in [0.1, 0.15) is 6.42 Å². The van der Waals surface area contributed by atoms with Crippen molar-refractivity contribution < 1.29 is 9.59 Å². The second-order valence-corrected chi connectivity index (χ2v) is 5.14. The molecule has 1 N–H and O–H groups in total. The monoisotopic (exact) mass is 254 g/mol. The maximum atomic E-state index is 12.1. The van der Waals surface area contributed by atoms with Gasteiger partial charge in [0.2, 0.25) is 12.3 Å². The number of nitrogens with zero attached hydrogens (tertiary/aromatic N) is 3. The first-order chi connectivity index (χ1) is 8.69. The average Bonchev–Trinajstić information content (AvgIpc) is 2.39. The van der Waals surface area contributed by atoms with Crippen LogP contribution in [-0.2, 0) is 9.59 Å². The maximum absolute atomic E-state index is 12.1. The van der Waals surface area contributed by atoms with Crippen LogP contribution in [0.3, 0.4) is 0 Å². The van der Waals surface area contributed by atoms with Crippen LogP contribution in [0.5, 0.6) is 0 Å². The first-order valence-electron chi connectivity index (χ1n) is 6.58. The summed E-state index contributed by atoms with van der Waals surface area (Å²) < 4.78 is 0. The predicted octanol–water partition coefficient (Wildman–Crippen LogP) is -1.42. The maximum Gasteiger partial charge on any atom is 0.224 e. The molecule has 102 valence electrons. The van der Waals surface area contributed by atoms with Crippen LogP contribution in [-0.4, -0.2) is 85.9 Å². The van der Waals surface area contributed by atoms with Crippen molar-refractivity contribution in [2.24, 2.45) is 0 Å². The summed E-state index contributed by atoms with van der Waals surface area (Å²) in [6.07, 6.45) is 1.42. The third-order valence-electron chi connectivity index (χ3n) is 3.70. The Morgan fingerprint density at radius 3 is 2.61 bits per heavy atom. The minimum absolute atomic E-state index is 0.202. The molecule has 0 aromatic heterocycles. The molecule has 2 heterocycles. The molecule has 1 atom stereocenters. The molecular formula is C12H22N4O2. The fourth-order valence-electron chi connectivity index (χ4n) is 2.54. The van der Waals surface area contributed by atoms with Crippen molar-refractivity contribution >= 4 is 12.3 Å². The molecule has 2 fully saturated rings. The van der Waals surface area contributed by atoms with Crippen molar-refractivity contribution in [2.45, 2.75) is 12.5 Å². The lowest BCUT2D eigenvalue weighted by molar-refractivity contribution is -0.135. The van der Waals surface area contributed by atoms with E-state index in [-0.39, 0.29) is 11.9 Å². The van der Waals surface area contributed by atoms with Gasteiger partial charge < -0.3 is 20.0 Å². The summed E-state index contributed by atoms with van der Waals surface area (Å²) in [6.45, 7) is 5.58. The average molecular weight is 254 g/mol. The summed E-state index contributed by atoms with van der Waals surface area (Å²) in [5, 5.41) is 3.38. The summed E-state index contributed by atoms with van der Waals surface area (Å²) in [5.74, 6) is 0.202. The van der Waals surface area contributed by atoms with E-state index >= 15 is 0 Å². The topological polar surface area (TPSA) is 55.9 Å². The van der Waals surface area contributed by atoms with Crippen molar-refractivity contribution in [2.75, 3.05) is 52.9 Å². The lowest BCUT2D eigenvalue weighted by Crippen LogP contribution is -2.53. The first-order valence-corrected chi connectivity index (χ1v) is 6.58. The van der Waals surface area contributed by atoms with Crippen LogP contribution in [0.15, 0.2) is 0 Å². The van der Waals surface area contributed by atoms with Crippen LogP contribution in [0.25, 0.3) is 0 Å². The fraction of sp³-hybridized carbons (Fsp3) is 0.833. The smallest absolute Gasteiger partial charge is 0.224 e. The Balaban J connectivity index is 1.76. The molecule has 2 aliphatic rings. The Morgan fingerprint density at radius 2 is 2.00 bits per heavy atom. The number of amides is 2. The molecule has 0 radical (unpaired) electrons. The number of hydrogen-bond donors (Lipinski definition) is 1. The van der Waals surface area contributed by atoms with Gasteiger partial charge in [-0.15, -0.1) is 0 Å². The van der Waals surface area contributed by atoms with Gasteiger partial charge in [-0.2, -0.15) is 0 Å². The van der Waals surface area contributed by atoms with E-state index < -0.39 is 0 Å². The van der Waals surface area contributed by atoms with Gasteiger partial charge in [0.15, 0.2) is 0 Å². The van der Waals surface area contributed by atoms with E-state index in [1.54, 1.807) is 4.90 Å². The molecule has 0 spiro atoms. The summed E-state index contributed by atoms with van der Waals surface area (Å²) >= 11 is 0. The number of hydrogen-bond acceptors (Lipinski definition) is 4. The summed E-state index contributed by atoms with van der Waals surface area (Å²) in [6, 6.07) is 0.264. The van der Waals surface area contributed by atoms with Crippen molar-refractivity contribution in [3.63, 3.8) is 0 Å². The zero-order valence-corrected chi connectivity index (χ0v) is 11.0. The number of carbonyl (C=O) groups excluding carboxylic acids is 2. The van der Waals surface area contributed by atoms with Gasteiger partial charge in [-0.05, 0) is 7.05 Å². The molecule has 2 rings (SSSR count). The van der Waals surface area contributed by atoms with Crippen LogP contribution < -0.4 is 5.32 Å². The molecule has 0 aromatic rings. The Hall–Kier alpha value is -1.14. The molecule has 0 saturated carbocycles. The quantitative estimate of drug-likeness (QED) is 0.628. The van der Waals surface area contributed by atoms with Gasteiger partial charge in [0.05, 0.1) is 0 Å². The lowest BCUT2D eigenvalue weighted by atomic mass is 10.1. The largest absolute Gasteiger partial charge is 0.342 e. The molecule has 0 bridgehead atoms. The van der Waals surface area contributed by atoms with Gasteiger partial charge in [0.25, 0.3) is 0 Å². The molecule has 2 aliphatic heterocycles. The van der Waals surface area contributed by atoms with Crippen LogP contribution in [0.4, 0.5) is 0 Å². The Bertz CT molecular complexity index is 302. The second-order valence-electron chi connectivity index (χ2n) is 5.14. The van der Waals surface area contributed by atoms with E-state index in [0.29, 0.717) is 32.6 Å². The molecule has 18 heavy (non-hydrogen) atoms. The van der Waals surface area contributed by atoms with Crippen LogP contribution in [0.2, 0.25) is 0 Å². The second kappa shape index (κ2) is 6.15. The zero-order valence-electron chi connectivity index (χ0n) is 11.0. The van der Waals surface area contributed by atoms with Crippen molar-refractivity contribution in [1.29, 1.82) is 0 Å². The molecule has 1 unspecified atom stereocenters. The zero-order chi connectivity index (χ0) is 13.0. The van der Waals surface area contributed by atoms with Crippen molar-refractivity contribution in [3.05, 3.63) is 0 Å². The van der Waals surface area contributed by atoms with E-state index in [1.165, 1.54) is 0 Å². The number of nitrogens with one attached hydrogen (secondary N) is 1. The van der Waals surface area contributed by atoms with Crippen LogP contribution in [0, 0.1) is 0 Å². The molecule has 0 aromatic carbocycles. The van der Waals surface area contributed by atoms with Gasteiger partial charge in [0, 0.05) is 58.3 Å². The van der Waals surface area contributed by atoms with E-state index in [0.717, 1.165) is 26.0 Å². The number of piperazine rings is 2. The van der Waals surface area contributed by atoms with Gasteiger partial charge in [0.1, 0.15) is 0 Å². The highest BCUT2D eigenvalue weighted by molar-refractivity contribution is 5.77. The molecule has 6 heteroatoms. The fourth-order valence-corrected chi connectivity index (χ4v) is 2.54. The molecule has 2 saturated heterocycles. The minimum Gasteiger partial charge on any atom is -0.342 e. The normalized spacial score (nSPS) is 26.2. The lowest BCUT2D eigenvalue weighted by Gasteiger charge is -2.35. The third-order valence-corrected chi connectivity index (χ3v) is 3.70. The molecule has 2 amide bonds. The highest BCUT2D eigenvalue weighted by Gasteiger charge is 2.24. The van der Waals surface area contributed by atoms with Crippen molar-refractivity contribution in [1.82, 2.24) is 20.0 Å². The van der Waals surface area contributed by atoms with Gasteiger partial charge in [-0.1, -0.05) is 0 Å². The highest BCUT2D eigenvalue weighted by atomic mass is 16.2. The molecule has 0 aliphatic carbocycles.